The van der Waals surface area contributed by atoms with Gasteiger partial charge in [-0.25, -0.2) is 0 Å². The zero-order valence-corrected chi connectivity index (χ0v) is 13.8. The van der Waals surface area contributed by atoms with Gasteiger partial charge in [-0.3, -0.25) is 4.57 Å². The average Bonchev–Trinajstić information content (AvgIpc) is 2.52. The summed E-state index contributed by atoms with van der Waals surface area (Å²) < 4.78 is 28.5. The van der Waals surface area contributed by atoms with Crippen molar-refractivity contribution in [1.82, 2.24) is 0 Å². The van der Waals surface area contributed by atoms with Crippen molar-refractivity contribution in [3.05, 3.63) is 35.2 Å². The zero-order valence-electron chi connectivity index (χ0n) is 12.9. The Morgan fingerprint density at radius 3 is 2.50 bits per heavy atom. The van der Waals surface area contributed by atoms with Gasteiger partial charge in [0.25, 0.3) is 0 Å². The maximum absolute atomic E-state index is 12.9. The second-order valence-corrected chi connectivity index (χ2v) is 7.24. The molecule has 0 aromatic heterocycles. The van der Waals surface area contributed by atoms with E-state index in [2.05, 4.69) is 0 Å². The van der Waals surface area contributed by atoms with Gasteiger partial charge in [-0.2, -0.15) is 5.26 Å². The van der Waals surface area contributed by atoms with E-state index in [1.54, 1.807) is 12.1 Å². The van der Waals surface area contributed by atoms with Gasteiger partial charge in [0, 0.05) is 45.6 Å². The molecule has 8 heteroatoms. The van der Waals surface area contributed by atoms with Crippen LogP contribution in [0.5, 0.6) is 5.75 Å². The lowest BCUT2D eigenvalue weighted by Gasteiger charge is -2.30. The predicted octanol–water partition coefficient (Wildman–Crippen LogP) is 2.37. The highest BCUT2D eigenvalue weighted by atomic mass is 31.2. The largest absolute Gasteiger partial charge is 0.440 e. The molecule has 22 heavy (non-hydrogen) atoms. The van der Waals surface area contributed by atoms with E-state index in [0.29, 0.717) is 11.3 Å². The molecule has 1 aliphatic heterocycles. The normalized spacial score (nSPS) is 17.5. The molecule has 0 saturated heterocycles. The summed E-state index contributed by atoms with van der Waals surface area (Å²) >= 11 is 0. The van der Waals surface area contributed by atoms with Crippen molar-refractivity contribution in [3.8, 4) is 11.8 Å². The van der Waals surface area contributed by atoms with Gasteiger partial charge in [-0.05, 0) is 6.07 Å². The lowest BCUT2D eigenvalue weighted by molar-refractivity contribution is 0.266. The SMILES string of the molecule is COP(=O)(OC)C1C(C#N)=C(N)Oc2cc(N(C)C)ccc21. The minimum atomic E-state index is -3.59. The quantitative estimate of drug-likeness (QED) is 0.849. The Hall–Kier alpha value is -2.00. The monoisotopic (exact) mass is 323 g/mol. The summed E-state index contributed by atoms with van der Waals surface area (Å²) in [5, 5.41) is 9.35. The number of nitrogens with zero attached hydrogens (tertiary/aromatic N) is 2. The Morgan fingerprint density at radius 2 is 2.00 bits per heavy atom. The molecule has 1 aromatic carbocycles. The van der Waals surface area contributed by atoms with Crippen LogP contribution in [0, 0.1) is 11.3 Å². The Kier molecular flexibility index (Phi) is 4.47. The van der Waals surface area contributed by atoms with Crippen LogP contribution in [-0.2, 0) is 13.6 Å². The minimum absolute atomic E-state index is 0.0390. The number of fused-ring (bicyclic) bond motifs is 1. The molecular formula is C14H18N3O4P. The third-order valence-electron chi connectivity index (χ3n) is 3.51. The van der Waals surface area contributed by atoms with E-state index in [-0.39, 0.29) is 11.5 Å². The number of allylic oxidation sites excluding steroid dienone is 1. The predicted molar refractivity (Wildman–Crippen MR) is 82.6 cm³/mol. The molecule has 0 radical (unpaired) electrons. The van der Waals surface area contributed by atoms with Crippen LogP contribution in [0.3, 0.4) is 0 Å². The lowest BCUT2D eigenvalue weighted by Crippen LogP contribution is -2.21. The van der Waals surface area contributed by atoms with Gasteiger partial charge < -0.3 is 24.4 Å². The van der Waals surface area contributed by atoms with E-state index in [0.717, 1.165) is 5.69 Å². The van der Waals surface area contributed by atoms with Gasteiger partial charge in [0.1, 0.15) is 23.1 Å². The number of anilines is 1. The molecule has 1 heterocycles. The molecule has 1 unspecified atom stereocenters. The molecule has 0 amide bonds. The molecule has 0 spiro atoms. The van der Waals surface area contributed by atoms with Crippen molar-refractivity contribution in [1.29, 1.82) is 5.26 Å². The van der Waals surface area contributed by atoms with Crippen LogP contribution in [0.2, 0.25) is 0 Å². The Bertz CT molecular complexity index is 701. The lowest BCUT2D eigenvalue weighted by atomic mass is 10.0. The van der Waals surface area contributed by atoms with Crippen LogP contribution >= 0.6 is 7.60 Å². The van der Waals surface area contributed by atoms with Gasteiger partial charge in [-0.1, -0.05) is 6.07 Å². The van der Waals surface area contributed by atoms with Gasteiger partial charge in [0.2, 0.25) is 5.88 Å². The van der Waals surface area contributed by atoms with Crippen LogP contribution in [0.25, 0.3) is 0 Å². The summed E-state index contributed by atoms with van der Waals surface area (Å²) in [5.41, 5.74) is 6.37. The first-order valence-corrected chi connectivity index (χ1v) is 8.09. The summed E-state index contributed by atoms with van der Waals surface area (Å²) in [6.45, 7) is 0. The number of ether oxygens (including phenoxy) is 1. The third-order valence-corrected chi connectivity index (χ3v) is 5.70. The first-order chi connectivity index (χ1) is 10.4. The molecular weight excluding hydrogens is 305 g/mol. The average molecular weight is 323 g/mol. The van der Waals surface area contributed by atoms with Crippen LogP contribution in [0.4, 0.5) is 5.69 Å². The minimum Gasteiger partial charge on any atom is -0.440 e. The second-order valence-electron chi connectivity index (χ2n) is 4.92. The molecule has 0 aliphatic carbocycles. The zero-order chi connectivity index (χ0) is 16.5. The van der Waals surface area contributed by atoms with Crippen LogP contribution in [0.15, 0.2) is 29.7 Å². The maximum Gasteiger partial charge on any atom is 0.343 e. The van der Waals surface area contributed by atoms with E-state index < -0.39 is 13.3 Å². The van der Waals surface area contributed by atoms with Gasteiger partial charge in [0.15, 0.2) is 0 Å². The van der Waals surface area contributed by atoms with Crippen LogP contribution < -0.4 is 15.4 Å². The van der Waals surface area contributed by atoms with Crippen LogP contribution in [-0.4, -0.2) is 28.3 Å². The molecule has 0 saturated carbocycles. The number of hydrogen-bond donors (Lipinski definition) is 1. The third kappa shape index (κ3) is 2.57. The van der Waals surface area contributed by atoms with Crippen molar-refractivity contribution in [2.24, 2.45) is 5.73 Å². The van der Waals surface area contributed by atoms with Gasteiger partial charge >= 0.3 is 7.60 Å². The first-order valence-electron chi connectivity index (χ1n) is 6.48. The summed E-state index contributed by atoms with van der Waals surface area (Å²) in [5.74, 6) is 0.340. The fourth-order valence-electron chi connectivity index (χ4n) is 2.31. The number of nitrogens with two attached hydrogens (primary N) is 1. The molecule has 118 valence electrons. The highest BCUT2D eigenvalue weighted by Crippen LogP contribution is 2.65. The van der Waals surface area contributed by atoms with E-state index in [1.165, 1.54) is 14.2 Å². The highest BCUT2D eigenvalue weighted by Gasteiger charge is 2.44. The Labute approximate surface area is 129 Å². The van der Waals surface area contributed by atoms with E-state index in [1.807, 2.05) is 31.1 Å². The molecule has 1 aromatic rings. The standard InChI is InChI=1S/C14H18N3O4P/c1-17(2)9-5-6-10-12(7-9)21-14(16)11(8-15)13(10)22(18,19-3)20-4/h5-7,13H,16H2,1-4H3. The molecule has 0 bridgehead atoms. The van der Waals surface area contributed by atoms with Gasteiger partial charge in [-0.15, -0.1) is 0 Å². The van der Waals surface area contributed by atoms with Crippen molar-refractivity contribution < 1.29 is 18.3 Å². The van der Waals surface area contributed by atoms with E-state index >= 15 is 0 Å². The highest BCUT2D eigenvalue weighted by molar-refractivity contribution is 7.54. The summed E-state index contributed by atoms with van der Waals surface area (Å²) in [7, 11) is 2.73. The molecule has 2 N–H and O–H groups in total. The van der Waals surface area contributed by atoms with E-state index in [4.69, 9.17) is 19.5 Å². The fraction of sp³-hybridized carbons (Fsp3) is 0.357. The maximum atomic E-state index is 12.9. The summed E-state index contributed by atoms with van der Waals surface area (Å²) in [6, 6.07) is 7.28. The number of benzene rings is 1. The summed E-state index contributed by atoms with van der Waals surface area (Å²) in [4.78, 5) is 1.89. The number of hydrogen-bond acceptors (Lipinski definition) is 7. The second kappa shape index (κ2) is 6.01. The molecule has 0 fully saturated rings. The Morgan fingerprint density at radius 1 is 1.36 bits per heavy atom. The van der Waals surface area contributed by atoms with Crippen molar-refractivity contribution >= 4 is 13.3 Å². The topological polar surface area (TPSA) is 97.8 Å². The fourth-order valence-corrected chi connectivity index (χ4v) is 3.94. The summed E-state index contributed by atoms with van der Waals surface area (Å²) in [6.07, 6.45) is 0. The molecule has 2 rings (SSSR count). The first kappa shape index (κ1) is 16.4. The number of rotatable bonds is 4. The van der Waals surface area contributed by atoms with Crippen LogP contribution in [0.1, 0.15) is 11.2 Å². The van der Waals surface area contributed by atoms with E-state index in [9.17, 15) is 9.83 Å². The number of nitriles is 1. The van der Waals surface area contributed by atoms with Crippen molar-refractivity contribution in [2.45, 2.75) is 5.66 Å². The Balaban J connectivity index is 2.67. The van der Waals surface area contributed by atoms with Crippen molar-refractivity contribution in [3.63, 3.8) is 0 Å². The van der Waals surface area contributed by atoms with Crippen molar-refractivity contribution in [2.75, 3.05) is 33.2 Å². The molecule has 1 aliphatic rings. The smallest absolute Gasteiger partial charge is 0.343 e. The molecule has 1 atom stereocenters. The van der Waals surface area contributed by atoms with Gasteiger partial charge in [0.05, 0.1) is 0 Å². The molecule has 7 nitrogen and oxygen atoms in total.